The highest BCUT2D eigenvalue weighted by Crippen LogP contribution is 2.31. The Hall–Kier alpha value is -0.860. The van der Waals surface area contributed by atoms with Crippen LogP contribution >= 0.6 is 23.2 Å². The lowest BCUT2D eigenvalue weighted by Crippen LogP contribution is -2.50. The Bertz CT molecular complexity index is 674. The quantitative estimate of drug-likeness (QED) is 0.839. The number of carbonyl (C=O) groups is 1. The molecule has 1 saturated heterocycles. The van der Waals surface area contributed by atoms with Gasteiger partial charge in [-0.25, -0.2) is 8.42 Å². The standard InChI is InChI=1S/C14H19Cl2N3O3S/c1-17-6-5-13(20)18-7-9-19(10-8-18)23(21,22)12-4-2-3-11(15)14(12)16/h2-4,17H,5-10H2,1H3. The van der Waals surface area contributed by atoms with Crippen molar-refractivity contribution >= 4 is 39.1 Å². The van der Waals surface area contributed by atoms with E-state index in [9.17, 15) is 13.2 Å². The van der Waals surface area contributed by atoms with Gasteiger partial charge in [0.25, 0.3) is 0 Å². The fourth-order valence-electron chi connectivity index (χ4n) is 2.39. The van der Waals surface area contributed by atoms with E-state index in [1.807, 2.05) is 0 Å². The number of hydrogen-bond donors (Lipinski definition) is 1. The van der Waals surface area contributed by atoms with Crippen molar-refractivity contribution in [2.45, 2.75) is 11.3 Å². The first-order valence-corrected chi connectivity index (χ1v) is 9.44. The second kappa shape index (κ2) is 7.81. The lowest BCUT2D eigenvalue weighted by Gasteiger charge is -2.34. The van der Waals surface area contributed by atoms with Gasteiger partial charge in [0.2, 0.25) is 15.9 Å². The molecule has 1 aliphatic heterocycles. The topological polar surface area (TPSA) is 69.7 Å². The van der Waals surface area contributed by atoms with Crippen molar-refractivity contribution in [3.63, 3.8) is 0 Å². The molecule has 1 heterocycles. The monoisotopic (exact) mass is 379 g/mol. The zero-order valence-corrected chi connectivity index (χ0v) is 15.1. The summed E-state index contributed by atoms with van der Waals surface area (Å²) in [4.78, 5) is 13.6. The number of hydrogen-bond acceptors (Lipinski definition) is 4. The summed E-state index contributed by atoms with van der Waals surface area (Å²) in [7, 11) is -1.93. The highest BCUT2D eigenvalue weighted by Gasteiger charge is 2.31. The number of piperazine rings is 1. The molecule has 128 valence electrons. The van der Waals surface area contributed by atoms with Gasteiger partial charge < -0.3 is 10.2 Å². The van der Waals surface area contributed by atoms with Gasteiger partial charge in [0, 0.05) is 39.1 Å². The van der Waals surface area contributed by atoms with Crippen molar-refractivity contribution < 1.29 is 13.2 Å². The Morgan fingerprint density at radius 2 is 1.87 bits per heavy atom. The van der Waals surface area contributed by atoms with Crippen LogP contribution < -0.4 is 5.32 Å². The zero-order valence-electron chi connectivity index (χ0n) is 12.8. The minimum absolute atomic E-state index is 0.00151. The van der Waals surface area contributed by atoms with Crippen LogP contribution in [0.5, 0.6) is 0 Å². The third kappa shape index (κ3) is 4.16. The SMILES string of the molecule is CNCCC(=O)N1CCN(S(=O)(=O)c2cccc(Cl)c2Cl)CC1. The van der Waals surface area contributed by atoms with Crippen molar-refractivity contribution in [2.75, 3.05) is 39.8 Å². The Morgan fingerprint density at radius 3 is 2.48 bits per heavy atom. The van der Waals surface area contributed by atoms with Gasteiger partial charge in [-0.15, -0.1) is 0 Å². The molecule has 1 aromatic carbocycles. The molecule has 0 saturated carbocycles. The largest absolute Gasteiger partial charge is 0.340 e. The van der Waals surface area contributed by atoms with Crippen LogP contribution in [0.3, 0.4) is 0 Å². The number of nitrogens with one attached hydrogen (secondary N) is 1. The van der Waals surface area contributed by atoms with Gasteiger partial charge in [0.05, 0.1) is 10.0 Å². The molecule has 0 aliphatic carbocycles. The molecule has 1 aliphatic rings. The lowest BCUT2D eigenvalue weighted by molar-refractivity contribution is -0.132. The zero-order chi connectivity index (χ0) is 17.0. The van der Waals surface area contributed by atoms with Gasteiger partial charge in [-0.3, -0.25) is 4.79 Å². The summed E-state index contributed by atoms with van der Waals surface area (Å²) in [6.07, 6.45) is 0.406. The van der Waals surface area contributed by atoms with Gasteiger partial charge in [0.15, 0.2) is 0 Å². The van der Waals surface area contributed by atoms with Crippen molar-refractivity contribution in [3.8, 4) is 0 Å². The van der Waals surface area contributed by atoms with Crippen molar-refractivity contribution in [2.24, 2.45) is 0 Å². The molecule has 0 aromatic heterocycles. The van der Waals surface area contributed by atoms with Gasteiger partial charge in [0.1, 0.15) is 4.90 Å². The molecule has 1 amide bonds. The smallest absolute Gasteiger partial charge is 0.244 e. The minimum atomic E-state index is -3.71. The minimum Gasteiger partial charge on any atom is -0.340 e. The number of nitrogens with zero attached hydrogens (tertiary/aromatic N) is 2. The van der Waals surface area contributed by atoms with Crippen molar-refractivity contribution in [1.29, 1.82) is 0 Å². The first-order valence-electron chi connectivity index (χ1n) is 7.24. The van der Waals surface area contributed by atoms with E-state index in [0.717, 1.165) is 0 Å². The molecule has 0 spiro atoms. The molecule has 9 heteroatoms. The van der Waals surface area contributed by atoms with Gasteiger partial charge >= 0.3 is 0 Å². The average molecular weight is 380 g/mol. The molecule has 1 N–H and O–H groups in total. The summed E-state index contributed by atoms with van der Waals surface area (Å²) in [6.45, 7) is 1.85. The Balaban J connectivity index is 2.07. The lowest BCUT2D eigenvalue weighted by atomic mass is 10.3. The molecule has 1 aromatic rings. The summed E-state index contributed by atoms with van der Waals surface area (Å²) in [6, 6.07) is 4.54. The van der Waals surface area contributed by atoms with Crippen LogP contribution in [-0.4, -0.2) is 63.3 Å². The second-order valence-corrected chi connectivity index (χ2v) is 7.88. The Morgan fingerprint density at radius 1 is 1.22 bits per heavy atom. The molecular weight excluding hydrogens is 361 g/mol. The van der Waals surface area contributed by atoms with E-state index in [2.05, 4.69) is 5.32 Å². The normalized spacial score (nSPS) is 16.6. The predicted molar refractivity (Wildman–Crippen MR) is 90.3 cm³/mol. The van der Waals surface area contributed by atoms with Crippen LogP contribution in [0.15, 0.2) is 23.1 Å². The van der Waals surface area contributed by atoms with E-state index in [-0.39, 0.29) is 33.9 Å². The Labute approximate surface area is 146 Å². The molecule has 0 radical (unpaired) electrons. The summed E-state index contributed by atoms with van der Waals surface area (Å²) in [5.41, 5.74) is 0. The first kappa shape index (κ1) is 18.5. The van der Waals surface area contributed by atoms with E-state index in [1.165, 1.54) is 10.4 Å². The Kier molecular flexibility index (Phi) is 6.27. The predicted octanol–water partition coefficient (Wildman–Crippen LogP) is 1.44. The average Bonchev–Trinajstić information content (AvgIpc) is 2.55. The van der Waals surface area contributed by atoms with Crippen LogP contribution in [0.4, 0.5) is 0 Å². The van der Waals surface area contributed by atoms with Crippen LogP contribution in [0.2, 0.25) is 10.0 Å². The molecule has 23 heavy (non-hydrogen) atoms. The van der Waals surface area contributed by atoms with Crippen LogP contribution in [0.1, 0.15) is 6.42 Å². The number of sulfonamides is 1. The van der Waals surface area contributed by atoms with E-state index in [4.69, 9.17) is 23.2 Å². The number of benzene rings is 1. The van der Waals surface area contributed by atoms with E-state index in [1.54, 1.807) is 24.1 Å². The van der Waals surface area contributed by atoms with Gasteiger partial charge in [-0.05, 0) is 19.2 Å². The number of carbonyl (C=O) groups excluding carboxylic acids is 1. The number of amides is 1. The molecule has 1 fully saturated rings. The molecular formula is C14H19Cl2N3O3S. The number of rotatable bonds is 5. The van der Waals surface area contributed by atoms with Crippen LogP contribution in [0, 0.1) is 0 Å². The summed E-state index contributed by atoms with van der Waals surface area (Å²) in [5.74, 6) is 0.0252. The van der Waals surface area contributed by atoms with Crippen molar-refractivity contribution in [1.82, 2.24) is 14.5 Å². The third-order valence-electron chi connectivity index (χ3n) is 3.71. The molecule has 2 rings (SSSR count). The maximum absolute atomic E-state index is 12.7. The maximum atomic E-state index is 12.7. The maximum Gasteiger partial charge on any atom is 0.244 e. The van der Waals surface area contributed by atoms with E-state index < -0.39 is 10.0 Å². The fraction of sp³-hybridized carbons (Fsp3) is 0.500. The molecule has 6 nitrogen and oxygen atoms in total. The van der Waals surface area contributed by atoms with E-state index >= 15 is 0 Å². The molecule has 0 bridgehead atoms. The van der Waals surface area contributed by atoms with Crippen LogP contribution in [0.25, 0.3) is 0 Å². The molecule has 0 atom stereocenters. The highest BCUT2D eigenvalue weighted by atomic mass is 35.5. The van der Waals surface area contributed by atoms with Gasteiger partial charge in [-0.2, -0.15) is 4.31 Å². The molecule has 0 unspecified atom stereocenters. The van der Waals surface area contributed by atoms with Crippen LogP contribution in [-0.2, 0) is 14.8 Å². The second-order valence-electron chi connectivity index (χ2n) is 5.19. The van der Waals surface area contributed by atoms with Crippen molar-refractivity contribution in [3.05, 3.63) is 28.2 Å². The van der Waals surface area contributed by atoms with Gasteiger partial charge in [-0.1, -0.05) is 29.3 Å². The third-order valence-corrected chi connectivity index (χ3v) is 6.59. The fourth-order valence-corrected chi connectivity index (χ4v) is 4.55. The summed E-state index contributed by atoms with van der Waals surface area (Å²) >= 11 is 11.9. The highest BCUT2D eigenvalue weighted by molar-refractivity contribution is 7.89. The number of halogens is 2. The van der Waals surface area contributed by atoms with E-state index in [0.29, 0.717) is 26.1 Å². The summed E-state index contributed by atoms with van der Waals surface area (Å²) < 4.78 is 26.7. The summed E-state index contributed by atoms with van der Waals surface area (Å²) in [5, 5.41) is 3.15. The first-order chi connectivity index (χ1) is 10.9.